The lowest BCUT2D eigenvalue weighted by Gasteiger charge is -2.31. The van der Waals surface area contributed by atoms with Gasteiger partial charge in [-0.2, -0.15) is 11.3 Å². The number of ether oxygens (including phenoxy) is 2. The summed E-state index contributed by atoms with van der Waals surface area (Å²) in [6, 6.07) is 4.52. The van der Waals surface area contributed by atoms with Crippen LogP contribution < -0.4 is 4.74 Å². The topological polar surface area (TPSA) is 51.7 Å². The molecule has 2 aromatic rings. The van der Waals surface area contributed by atoms with Gasteiger partial charge in [-0.15, -0.1) is 0 Å². The maximum Gasteiger partial charge on any atom is 0.255 e. The molecule has 0 spiro atoms. The minimum Gasteiger partial charge on any atom is -0.467 e. The van der Waals surface area contributed by atoms with Gasteiger partial charge in [0.25, 0.3) is 11.8 Å². The van der Waals surface area contributed by atoms with E-state index in [4.69, 9.17) is 9.47 Å². The lowest BCUT2D eigenvalue weighted by Crippen LogP contribution is -2.47. The quantitative estimate of drug-likeness (QED) is 0.856. The third-order valence-electron chi connectivity index (χ3n) is 4.56. The van der Waals surface area contributed by atoms with Crippen LogP contribution in [0.15, 0.2) is 35.2 Å². The standard InChI is InChI=1S/C17H17FN2O3S/c18-12-2-1-6-19-16(12)23-15-13-3-4-14(15)22-8-7-20(13)17(21)11-5-9-24-10-11/h1-2,5-6,9-10,13-15H,3-4,7-8H2/t13-,14-,15-/m0/s1. The predicted molar refractivity (Wildman–Crippen MR) is 86.7 cm³/mol. The number of rotatable bonds is 3. The summed E-state index contributed by atoms with van der Waals surface area (Å²) in [5.74, 6) is -0.563. The molecule has 1 aliphatic heterocycles. The number of fused-ring (bicyclic) bond motifs is 2. The summed E-state index contributed by atoms with van der Waals surface area (Å²) >= 11 is 1.49. The third kappa shape index (κ3) is 2.78. The second-order valence-corrected chi connectivity index (χ2v) is 6.72. The molecule has 7 heteroatoms. The summed E-state index contributed by atoms with van der Waals surface area (Å²) < 4.78 is 25.6. The van der Waals surface area contributed by atoms with E-state index in [2.05, 4.69) is 4.98 Å². The molecule has 126 valence electrons. The summed E-state index contributed by atoms with van der Waals surface area (Å²) in [5.41, 5.74) is 0.674. The van der Waals surface area contributed by atoms with Crippen molar-refractivity contribution in [1.82, 2.24) is 9.88 Å². The highest BCUT2D eigenvalue weighted by atomic mass is 32.1. The number of hydrogen-bond donors (Lipinski definition) is 0. The van der Waals surface area contributed by atoms with E-state index in [9.17, 15) is 9.18 Å². The zero-order valence-corrected chi connectivity index (χ0v) is 13.7. The van der Waals surface area contributed by atoms with Crippen molar-refractivity contribution in [3.05, 3.63) is 46.5 Å². The summed E-state index contributed by atoms with van der Waals surface area (Å²) in [6.07, 6.45) is 2.51. The molecular weight excluding hydrogens is 331 g/mol. The molecule has 0 aromatic carbocycles. The minimum absolute atomic E-state index is 0.0255. The van der Waals surface area contributed by atoms with Gasteiger partial charge in [-0.3, -0.25) is 4.79 Å². The van der Waals surface area contributed by atoms with Gasteiger partial charge in [-0.1, -0.05) is 0 Å². The first-order valence-electron chi connectivity index (χ1n) is 7.96. The molecule has 24 heavy (non-hydrogen) atoms. The minimum atomic E-state index is -0.503. The molecule has 1 amide bonds. The summed E-state index contributed by atoms with van der Waals surface area (Å²) in [6.45, 7) is 0.974. The first kappa shape index (κ1) is 15.5. The molecule has 2 bridgehead atoms. The lowest BCUT2D eigenvalue weighted by atomic mass is 10.1. The Balaban J connectivity index is 1.60. The van der Waals surface area contributed by atoms with E-state index in [1.54, 1.807) is 4.90 Å². The van der Waals surface area contributed by atoms with Crippen LogP contribution in [-0.2, 0) is 4.74 Å². The Morgan fingerprint density at radius 3 is 3.12 bits per heavy atom. The maximum absolute atomic E-state index is 13.9. The van der Waals surface area contributed by atoms with Crippen LogP contribution in [-0.4, -0.2) is 47.2 Å². The van der Waals surface area contributed by atoms with Crippen LogP contribution in [0, 0.1) is 5.82 Å². The van der Waals surface area contributed by atoms with Crippen molar-refractivity contribution < 1.29 is 18.7 Å². The Hall–Kier alpha value is -1.99. The average Bonchev–Trinajstić information content (AvgIpc) is 3.18. The van der Waals surface area contributed by atoms with Gasteiger partial charge in [0.15, 0.2) is 5.82 Å². The fraction of sp³-hybridized carbons (Fsp3) is 0.412. The van der Waals surface area contributed by atoms with E-state index in [-0.39, 0.29) is 23.9 Å². The van der Waals surface area contributed by atoms with Crippen LogP contribution in [0.1, 0.15) is 23.2 Å². The van der Waals surface area contributed by atoms with Crippen LogP contribution in [0.3, 0.4) is 0 Å². The van der Waals surface area contributed by atoms with Gasteiger partial charge in [0, 0.05) is 18.1 Å². The molecule has 2 aromatic heterocycles. The van der Waals surface area contributed by atoms with Crippen LogP contribution in [0.25, 0.3) is 0 Å². The van der Waals surface area contributed by atoms with E-state index >= 15 is 0 Å². The second kappa shape index (κ2) is 6.49. The Kier molecular flexibility index (Phi) is 4.20. The summed E-state index contributed by atoms with van der Waals surface area (Å²) in [7, 11) is 0. The van der Waals surface area contributed by atoms with Gasteiger partial charge in [-0.05, 0) is 36.4 Å². The molecule has 1 saturated carbocycles. The molecule has 5 nitrogen and oxygen atoms in total. The number of thiophene rings is 1. The monoisotopic (exact) mass is 348 g/mol. The smallest absolute Gasteiger partial charge is 0.255 e. The van der Waals surface area contributed by atoms with Gasteiger partial charge >= 0.3 is 0 Å². The van der Waals surface area contributed by atoms with Crippen LogP contribution in [0.2, 0.25) is 0 Å². The highest BCUT2D eigenvalue weighted by Crippen LogP contribution is 2.34. The largest absolute Gasteiger partial charge is 0.467 e. The SMILES string of the molecule is O=C(c1ccsc1)N1CCO[C@H]2CC[C@H]1[C@@H]2Oc1ncccc1F. The molecule has 1 aliphatic carbocycles. The second-order valence-electron chi connectivity index (χ2n) is 5.94. The predicted octanol–water partition coefficient (Wildman–Crippen LogP) is 2.73. The zero-order chi connectivity index (χ0) is 16.5. The first-order valence-corrected chi connectivity index (χ1v) is 8.90. The fourth-order valence-electron chi connectivity index (χ4n) is 3.44. The number of pyridine rings is 1. The number of aromatic nitrogens is 1. The van der Waals surface area contributed by atoms with Gasteiger partial charge in [0.05, 0.1) is 24.3 Å². The Labute approximate surface area is 143 Å². The molecule has 0 radical (unpaired) electrons. The molecule has 3 heterocycles. The molecule has 3 atom stereocenters. The fourth-order valence-corrected chi connectivity index (χ4v) is 4.07. The Bertz CT molecular complexity index is 724. The Morgan fingerprint density at radius 2 is 2.33 bits per heavy atom. The average molecular weight is 348 g/mol. The van der Waals surface area contributed by atoms with E-state index in [1.165, 1.54) is 29.7 Å². The molecule has 2 fully saturated rings. The molecule has 0 N–H and O–H groups in total. The molecule has 4 rings (SSSR count). The normalized spacial score (nSPS) is 26.2. The number of hydrogen-bond acceptors (Lipinski definition) is 5. The van der Waals surface area contributed by atoms with Gasteiger partial charge in [0.2, 0.25) is 0 Å². The van der Waals surface area contributed by atoms with Gasteiger partial charge in [0.1, 0.15) is 6.10 Å². The highest BCUT2D eigenvalue weighted by Gasteiger charge is 2.46. The molecular formula is C17H17FN2O3S. The van der Waals surface area contributed by atoms with Crippen molar-refractivity contribution in [3.8, 4) is 5.88 Å². The van der Waals surface area contributed by atoms with E-state index in [1.807, 2.05) is 16.8 Å². The van der Waals surface area contributed by atoms with E-state index in [0.717, 1.165) is 12.8 Å². The molecule has 2 aliphatic rings. The molecule has 1 saturated heterocycles. The van der Waals surface area contributed by atoms with Crippen molar-refractivity contribution in [3.63, 3.8) is 0 Å². The van der Waals surface area contributed by atoms with Crippen molar-refractivity contribution >= 4 is 17.2 Å². The Morgan fingerprint density at radius 1 is 1.42 bits per heavy atom. The number of amides is 1. The number of carbonyl (C=O) groups is 1. The molecule has 0 unspecified atom stereocenters. The first-order chi connectivity index (χ1) is 11.7. The van der Waals surface area contributed by atoms with Crippen molar-refractivity contribution in [2.24, 2.45) is 0 Å². The van der Waals surface area contributed by atoms with Crippen molar-refractivity contribution in [2.75, 3.05) is 13.2 Å². The maximum atomic E-state index is 13.9. The van der Waals surface area contributed by atoms with Gasteiger partial charge < -0.3 is 14.4 Å². The highest BCUT2D eigenvalue weighted by molar-refractivity contribution is 7.08. The van der Waals surface area contributed by atoms with E-state index in [0.29, 0.717) is 18.7 Å². The summed E-state index contributed by atoms with van der Waals surface area (Å²) in [4.78, 5) is 18.6. The zero-order valence-electron chi connectivity index (χ0n) is 12.9. The number of carbonyl (C=O) groups excluding carboxylic acids is 1. The lowest BCUT2D eigenvalue weighted by molar-refractivity contribution is 0.000309. The summed E-state index contributed by atoms with van der Waals surface area (Å²) in [5, 5.41) is 3.73. The number of nitrogens with zero attached hydrogens (tertiary/aromatic N) is 2. The van der Waals surface area contributed by atoms with Crippen molar-refractivity contribution in [2.45, 2.75) is 31.1 Å². The van der Waals surface area contributed by atoms with Crippen molar-refractivity contribution in [1.29, 1.82) is 0 Å². The van der Waals surface area contributed by atoms with Crippen LogP contribution >= 0.6 is 11.3 Å². The van der Waals surface area contributed by atoms with Crippen LogP contribution in [0.4, 0.5) is 4.39 Å². The number of halogens is 1. The third-order valence-corrected chi connectivity index (χ3v) is 5.24. The van der Waals surface area contributed by atoms with Gasteiger partial charge in [-0.25, -0.2) is 9.37 Å². The van der Waals surface area contributed by atoms with Crippen LogP contribution in [0.5, 0.6) is 5.88 Å². The van der Waals surface area contributed by atoms with E-state index < -0.39 is 11.9 Å².